The number of methoxy groups -OCH3 is 2. The average Bonchev–Trinajstić information content (AvgIpc) is 3.16. The molecule has 3 aliphatic rings. The molecule has 4 rings (SSSR count). The third kappa shape index (κ3) is 5.93. The van der Waals surface area contributed by atoms with Gasteiger partial charge in [0.1, 0.15) is 17.1 Å². The number of ether oxygens (including phenoxy) is 3. The van der Waals surface area contributed by atoms with Crippen molar-refractivity contribution in [2.75, 3.05) is 20.8 Å². The van der Waals surface area contributed by atoms with Crippen LogP contribution in [0.3, 0.4) is 0 Å². The highest BCUT2D eigenvalue weighted by molar-refractivity contribution is 6.01. The van der Waals surface area contributed by atoms with Gasteiger partial charge in [-0.25, -0.2) is 0 Å². The normalized spacial score (nSPS) is 19.4. The van der Waals surface area contributed by atoms with Gasteiger partial charge in [0.05, 0.1) is 26.9 Å². The molecule has 1 aromatic carbocycles. The lowest BCUT2D eigenvalue weighted by Gasteiger charge is -2.34. The number of nitrogens with zero attached hydrogens (tertiary/aromatic N) is 2. The zero-order valence-corrected chi connectivity index (χ0v) is 23.2. The van der Waals surface area contributed by atoms with Gasteiger partial charge in [0, 0.05) is 19.0 Å². The third-order valence-electron chi connectivity index (χ3n) is 7.39. The first-order valence-electron chi connectivity index (χ1n) is 13.0. The van der Waals surface area contributed by atoms with E-state index in [1.54, 1.807) is 19.1 Å². The van der Waals surface area contributed by atoms with Crippen LogP contribution in [0.15, 0.2) is 65.4 Å². The lowest BCUT2D eigenvalue weighted by atomic mass is 9.74. The molecule has 1 atom stereocenters. The van der Waals surface area contributed by atoms with E-state index in [1.165, 1.54) is 0 Å². The molecule has 6 heteroatoms. The molecule has 1 unspecified atom stereocenters. The van der Waals surface area contributed by atoms with E-state index < -0.39 is 0 Å². The second-order valence-electron chi connectivity index (χ2n) is 11.5. The number of amides is 1. The van der Waals surface area contributed by atoms with Crippen LogP contribution in [0, 0.1) is 16.9 Å². The Morgan fingerprint density at radius 3 is 2.46 bits per heavy atom. The highest BCUT2D eigenvalue weighted by Crippen LogP contribution is 2.38. The van der Waals surface area contributed by atoms with Gasteiger partial charge in [-0.1, -0.05) is 59.2 Å². The van der Waals surface area contributed by atoms with Crippen molar-refractivity contribution in [2.45, 2.75) is 66.3 Å². The molecule has 0 spiro atoms. The summed E-state index contributed by atoms with van der Waals surface area (Å²) < 4.78 is 17.3. The maximum atomic E-state index is 13.7. The van der Waals surface area contributed by atoms with Gasteiger partial charge in [-0.3, -0.25) is 9.69 Å². The molecule has 196 valence electrons. The molecule has 1 aromatic rings. The second-order valence-corrected chi connectivity index (χ2v) is 11.5. The molecule has 0 fully saturated rings. The van der Waals surface area contributed by atoms with E-state index in [-0.39, 0.29) is 22.8 Å². The van der Waals surface area contributed by atoms with Gasteiger partial charge >= 0.3 is 11.8 Å². The van der Waals surface area contributed by atoms with Gasteiger partial charge in [0.2, 0.25) is 0 Å². The van der Waals surface area contributed by atoms with Gasteiger partial charge in [-0.2, -0.15) is 0 Å². The summed E-state index contributed by atoms with van der Waals surface area (Å²) in [4.78, 5) is 20.0. The Morgan fingerprint density at radius 2 is 1.81 bits per heavy atom. The van der Waals surface area contributed by atoms with Gasteiger partial charge < -0.3 is 14.2 Å². The fourth-order valence-electron chi connectivity index (χ4n) is 5.23. The van der Waals surface area contributed by atoms with Gasteiger partial charge in [0.15, 0.2) is 11.8 Å². The number of allylic oxidation sites excluding steroid dienone is 2. The molecule has 1 aliphatic carbocycles. The minimum Gasteiger partial charge on any atom is -0.497 e. The van der Waals surface area contributed by atoms with Crippen molar-refractivity contribution in [3.05, 3.63) is 75.8 Å². The summed E-state index contributed by atoms with van der Waals surface area (Å²) in [7, 11) is 3.29. The predicted molar refractivity (Wildman–Crippen MR) is 147 cm³/mol. The summed E-state index contributed by atoms with van der Waals surface area (Å²) in [5.41, 5.74) is 3.45. The standard InChI is InChI=1S/C31H39N2O4/c1-8-30(2,3)19-31(4,5)20-37-28-16-26-25(13-14-27(28)36-7)29(34)33-18-22(15-23(33)17-32-26)21-9-11-24(35-6)12-10-21/h9-13,16,18,23H,8,14-15,19-20H2,1-7H3/q+1. The smallest absolute Gasteiger partial charge is 0.356 e. The third-order valence-corrected chi connectivity index (χ3v) is 7.39. The molecular formula is C31H39N2O4+. The number of benzene rings is 1. The Morgan fingerprint density at radius 1 is 1.08 bits per heavy atom. The molecule has 0 bridgehead atoms. The summed E-state index contributed by atoms with van der Waals surface area (Å²) in [5.74, 6) is 2.03. The van der Waals surface area contributed by atoms with Crippen molar-refractivity contribution < 1.29 is 19.0 Å². The Balaban J connectivity index is 1.56. The summed E-state index contributed by atoms with van der Waals surface area (Å²) in [6.07, 6.45) is 8.91. The predicted octanol–water partition coefficient (Wildman–Crippen LogP) is 6.92. The van der Waals surface area contributed by atoms with Crippen LogP contribution in [0.5, 0.6) is 5.75 Å². The van der Waals surface area contributed by atoms with Crippen LogP contribution < -0.4 is 4.74 Å². The van der Waals surface area contributed by atoms with Crippen molar-refractivity contribution in [1.82, 2.24) is 4.90 Å². The van der Waals surface area contributed by atoms with E-state index in [4.69, 9.17) is 14.2 Å². The van der Waals surface area contributed by atoms with Crippen LogP contribution in [0.4, 0.5) is 0 Å². The first kappa shape index (κ1) is 26.6. The highest BCUT2D eigenvalue weighted by Gasteiger charge is 2.41. The largest absolute Gasteiger partial charge is 0.497 e. The zero-order valence-electron chi connectivity index (χ0n) is 23.2. The fourth-order valence-corrected chi connectivity index (χ4v) is 5.23. The number of hydrogen-bond donors (Lipinski definition) is 0. The zero-order chi connectivity index (χ0) is 26.8. The molecule has 6 nitrogen and oxygen atoms in total. The first-order chi connectivity index (χ1) is 17.6. The van der Waals surface area contributed by atoms with E-state index in [2.05, 4.69) is 45.5 Å². The molecule has 2 heterocycles. The summed E-state index contributed by atoms with van der Waals surface area (Å²) >= 11 is 0. The Hall–Kier alpha value is -3.46. The van der Waals surface area contributed by atoms with Gasteiger partial charge in [-0.15, -0.1) is 0 Å². The topological polar surface area (TPSA) is 52.4 Å². The molecule has 0 radical (unpaired) electrons. The molecule has 0 saturated heterocycles. The Labute approximate surface area is 221 Å². The maximum absolute atomic E-state index is 13.7. The van der Waals surface area contributed by atoms with E-state index >= 15 is 0 Å². The SMILES string of the molecule is CCC(C)(C)CC(C)(C)COC1=C(OC)CC=C2C(=O)N3C=C(c4ccc(OC)cc4)CC3C#[N+]C2=C1. The Bertz CT molecular complexity index is 1240. The molecular weight excluding hydrogens is 464 g/mol. The second kappa shape index (κ2) is 10.5. The van der Waals surface area contributed by atoms with Gasteiger partial charge in [-0.05, 0) is 45.4 Å². The summed E-state index contributed by atoms with van der Waals surface area (Å²) in [5, 5.41) is 0. The minimum atomic E-state index is -0.246. The van der Waals surface area contributed by atoms with Crippen molar-refractivity contribution in [1.29, 1.82) is 0 Å². The monoisotopic (exact) mass is 503 g/mol. The molecule has 37 heavy (non-hydrogen) atoms. The van der Waals surface area contributed by atoms with E-state index in [1.807, 2.05) is 42.6 Å². The highest BCUT2D eigenvalue weighted by atomic mass is 16.5. The van der Waals surface area contributed by atoms with Crippen LogP contribution in [0.25, 0.3) is 10.4 Å². The molecule has 0 saturated carbocycles. The Kier molecular flexibility index (Phi) is 7.54. The van der Waals surface area contributed by atoms with Crippen LogP contribution in [-0.4, -0.2) is 37.7 Å². The van der Waals surface area contributed by atoms with Crippen LogP contribution >= 0.6 is 0 Å². The minimum absolute atomic E-state index is 0.0214. The van der Waals surface area contributed by atoms with Crippen LogP contribution in [-0.2, 0) is 14.3 Å². The number of carbonyl (C=O) groups is 1. The van der Waals surface area contributed by atoms with Crippen LogP contribution in [0.2, 0.25) is 0 Å². The first-order valence-corrected chi connectivity index (χ1v) is 13.0. The maximum Gasteiger partial charge on any atom is 0.356 e. The number of carbonyl (C=O) groups excluding carboxylic acids is 1. The lowest BCUT2D eigenvalue weighted by Crippen LogP contribution is -2.31. The molecule has 0 aromatic heterocycles. The van der Waals surface area contributed by atoms with Crippen molar-refractivity contribution in [3.63, 3.8) is 0 Å². The van der Waals surface area contributed by atoms with E-state index in [0.29, 0.717) is 42.2 Å². The van der Waals surface area contributed by atoms with Crippen molar-refractivity contribution in [3.8, 4) is 11.8 Å². The van der Waals surface area contributed by atoms with Crippen molar-refractivity contribution in [2.24, 2.45) is 10.8 Å². The summed E-state index contributed by atoms with van der Waals surface area (Å²) in [6.45, 7) is 11.8. The molecule has 1 amide bonds. The molecule has 2 aliphatic heterocycles. The molecule has 0 N–H and O–H groups in total. The quantitative estimate of drug-likeness (QED) is 0.367. The average molecular weight is 504 g/mol. The fraction of sp³-hybridized carbons (Fsp3) is 0.484. The number of hydrogen-bond acceptors (Lipinski definition) is 4. The van der Waals surface area contributed by atoms with E-state index in [0.717, 1.165) is 29.7 Å². The number of fused-ring (bicyclic) bond motifs is 2. The van der Waals surface area contributed by atoms with E-state index in [9.17, 15) is 4.79 Å². The summed E-state index contributed by atoms with van der Waals surface area (Å²) in [6, 6.07) is 10.8. The van der Waals surface area contributed by atoms with Crippen molar-refractivity contribution >= 4 is 11.5 Å². The van der Waals surface area contributed by atoms with Gasteiger partial charge in [0.25, 0.3) is 5.91 Å². The van der Waals surface area contributed by atoms with Crippen LogP contribution in [0.1, 0.15) is 65.9 Å². The number of rotatable bonds is 9. The lowest BCUT2D eigenvalue weighted by molar-refractivity contribution is -0.124.